The van der Waals surface area contributed by atoms with E-state index in [2.05, 4.69) is 45.4 Å². The summed E-state index contributed by atoms with van der Waals surface area (Å²) in [6.45, 7) is 4.50. The number of carbonyl (C=O) groups excluding carboxylic acids is 1. The summed E-state index contributed by atoms with van der Waals surface area (Å²) in [7, 11) is 1.71. The molecule has 4 rings (SSSR count). The van der Waals surface area contributed by atoms with E-state index >= 15 is 0 Å². The summed E-state index contributed by atoms with van der Waals surface area (Å²) in [5.41, 5.74) is 4.12. The van der Waals surface area contributed by atoms with Gasteiger partial charge in [0.25, 0.3) is 5.82 Å². The number of halogens is 1. The van der Waals surface area contributed by atoms with E-state index in [-0.39, 0.29) is 22.9 Å². The zero-order chi connectivity index (χ0) is 20.2. The molecule has 1 N–H and O–H groups in total. The van der Waals surface area contributed by atoms with Crippen LogP contribution < -0.4 is 31.6 Å². The summed E-state index contributed by atoms with van der Waals surface area (Å²) in [5.74, 6) is 1.96. The lowest BCUT2D eigenvalue weighted by atomic mass is 10.1. The van der Waals surface area contributed by atoms with Crippen molar-refractivity contribution in [3.05, 3.63) is 73.2 Å². The number of fused-ring (bicyclic) bond motifs is 1. The number of hydrogen-bond donors (Lipinski definition) is 1. The van der Waals surface area contributed by atoms with Crippen molar-refractivity contribution in [1.29, 1.82) is 0 Å². The molecule has 2 heterocycles. The second-order valence-corrected chi connectivity index (χ2v) is 7.21. The Balaban J connectivity index is 0.00000256. The summed E-state index contributed by atoms with van der Waals surface area (Å²) in [6, 6.07) is 16.1. The van der Waals surface area contributed by atoms with E-state index < -0.39 is 0 Å². The largest absolute Gasteiger partial charge is 1.00 e. The van der Waals surface area contributed by atoms with Gasteiger partial charge in [0, 0.05) is 17.7 Å². The molecule has 0 fully saturated rings. The van der Waals surface area contributed by atoms with Crippen LogP contribution in [0.1, 0.15) is 25.1 Å². The van der Waals surface area contributed by atoms with Gasteiger partial charge in [0.1, 0.15) is 6.20 Å². The lowest BCUT2D eigenvalue weighted by Crippen LogP contribution is -3.00. The predicted octanol–water partition coefficient (Wildman–Crippen LogP) is 1.30. The number of carbonyl (C=O) groups is 1. The normalized spacial score (nSPS) is 12.8. The third kappa shape index (κ3) is 4.33. The second kappa shape index (κ2) is 9.76. The molecule has 6 heteroatoms. The number of methoxy groups -OCH3 is 1. The first kappa shape index (κ1) is 21.8. The lowest BCUT2D eigenvalue weighted by Gasteiger charge is -2.06. The molecule has 0 radical (unpaired) electrons. The molecule has 1 aromatic heterocycles. The average molecular weight is 468 g/mol. The van der Waals surface area contributed by atoms with Gasteiger partial charge in [-0.25, -0.2) is 4.57 Å². The van der Waals surface area contributed by atoms with Gasteiger partial charge >= 0.3 is 0 Å². The number of aromatic nitrogens is 2. The number of benzene rings is 2. The highest BCUT2D eigenvalue weighted by Gasteiger charge is 2.28. The first-order valence-corrected chi connectivity index (χ1v) is 10.0. The molecule has 0 saturated heterocycles. The van der Waals surface area contributed by atoms with Gasteiger partial charge in [-0.1, -0.05) is 18.7 Å². The van der Waals surface area contributed by atoms with Crippen LogP contribution in [-0.2, 0) is 17.8 Å². The Morgan fingerprint density at radius 2 is 1.90 bits per heavy atom. The van der Waals surface area contributed by atoms with Gasteiger partial charge in [0.05, 0.1) is 13.7 Å². The van der Waals surface area contributed by atoms with E-state index in [1.165, 1.54) is 36.9 Å². The van der Waals surface area contributed by atoms with Crippen LogP contribution in [0.25, 0.3) is 16.9 Å². The zero-order valence-electron chi connectivity index (χ0n) is 17.1. The fraction of sp³-hybridized carbons (Fsp3) is 0.250. The van der Waals surface area contributed by atoms with E-state index in [1.807, 2.05) is 30.3 Å². The Kier molecular flexibility index (Phi) is 7.11. The molecule has 0 spiro atoms. The van der Waals surface area contributed by atoms with Crippen LogP contribution in [0.3, 0.4) is 0 Å². The van der Waals surface area contributed by atoms with E-state index in [1.54, 1.807) is 7.11 Å². The number of nitrogens with zero attached hydrogens (tertiary/aromatic N) is 2. The van der Waals surface area contributed by atoms with Crippen molar-refractivity contribution in [2.75, 3.05) is 12.4 Å². The standard InChI is InChI=1S/C24H25N3O2.BrH/c1-3-23(28)25-19-14-12-18(13-15-19)21-17-27(20-9-6-7-10-22(20)29-2)24-11-5-4-8-16-26(21)24;/h3,6-7,9-10,12-15,17H,1,4-5,8,11,16H2,2H3;1H. The van der Waals surface area contributed by atoms with Crippen LogP contribution in [0.15, 0.2) is 67.4 Å². The second-order valence-electron chi connectivity index (χ2n) is 7.21. The van der Waals surface area contributed by atoms with Crippen molar-refractivity contribution in [2.24, 2.45) is 0 Å². The number of hydrogen-bond acceptors (Lipinski definition) is 2. The predicted molar refractivity (Wildman–Crippen MR) is 114 cm³/mol. The van der Waals surface area contributed by atoms with E-state index in [4.69, 9.17) is 4.74 Å². The Morgan fingerprint density at radius 3 is 2.63 bits per heavy atom. The van der Waals surface area contributed by atoms with Gasteiger partial charge < -0.3 is 27.0 Å². The quantitative estimate of drug-likeness (QED) is 0.454. The van der Waals surface area contributed by atoms with Gasteiger partial charge in [-0.15, -0.1) is 0 Å². The van der Waals surface area contributed by atoms with Crippen LogP contribution in [0, 0.1) is 0 Å². The smallest absolute Gasteiger partial charge is 0.262 e. The van der Waals surface area contributed by atoms with Crippen molar-refractivity contribution in [3.63, 3.8) is 0 Å². The summed E-state index contributed by atoms with van der Waals surface area (Å²) >= 11 is 0. The van der Waals surface area contributed by atoms with E-state index in [0.717, 1.165) is 35.7 Å². The molecule has 30 heavy (non-hydrogen) atoms. The average Bonchev–Trinajstić information content (AvgIpc) is 2.94. The third-order valence-electron chi connectivity index (χ3n) is 5.39. The van der Waals surface area contributed by atoms with E-state index in [0.29, 0.717) is 0 Å². The summed E-state index contributed by atoms with van der Waals surface area (Å²) in [6.07, 6.45) is 8.11. The third-order valence-corrected chi connectivity index (χ3v) is 5.39. The molecular formula is C24H26BrN3O2. The molecule has 3 aromatic rings. The van der Waals surface area contributed by atoms with Crippen LogP contribution in [0.5, 0.6) is 5.75 Å². The molecular weight excluding hydrogens is 442 g/mol. The topological polar surface area (TPSA) is 47.1 Å². The Labute approximate surface area is 187 Å². The highest BCUT2D eigenvalue weighted by atomic mass is 79.9. The van der Waals surface area contributed by atoms with Gasteiger partial charge in [0.15, 0.2) is 17.1 Å². The molecule has 0 bridgehead atoms. The van der Waals surface area contributed by atoms with Crippen LogP contribution in [0.2, 0.25) is 0 Å². The van der Waals surface area contributed by atoms with Crippen LogP contribution >= 0.6 is 0 Å². The van der Waals surface area contributed by atoms with Gasteiger partial charge in [-0.05, 0) is 61.7 Å². The molecule has 5 nitrogen and oxygen atoms in total. The maximum absolute atomic E-state index is 11.5. The number of amides is 1. The van der Waals surface area contributed by atoms with Crippen molar-refractivity contribution >= 4 is 11.6 Å². The summed E-state index contributed by atoms with van der Waals surface area (Å²) in [5, 5.41) is 2.80. The molecule has 1 amide bonds. The van der Waals surface area contributed by atoms with E-state index in [9.17, 15) is 4.79 Å². The Bertz CT molecular complexity index is 1040. The molecule has 0 aliphatic carbocycles. The Morgan fingerprint density at radius 1 is 1.13 bits per heavy atom. The minimum atomic E-state index is -0.205. The minimum absolute atomic E-state index is 0. The monoisotopic (exact) mass is 467 g/mol. The highest BCUT2D eigenvalue weighted by molar-refractivity contribution is 5.98. The molecule has 156 valence electrons. The molecule has 0 atom stereocenters. The zero-order valence-corrected chi connectivity index (χ0v) is 18.7. The highest BCUT2D eigenvalue weighted by Crippen LogP contribution is 2.28. The first-order chi connectivity index (χ1) is 14.2. The molecule has 2 aromatic carbocycles. The van der Waals surface area contributed by atoms with Crippen LogP contribution in [0.4, 0.5) is 5.69 Å². The maximum atomic E-state index is 11.5. The molecule has 0 unspecified atom stereocenters. The van der Waals surface area contributed by atoms with Crippen LogP contribution in [-0.4, -0.2) is 17.6 Å². The number of para-hydroxylation sites is 2. The molecule has 1 aliphatic heterocycles. The fourth-order valence-electron chi connectivity index (χ4n) is 3.96. The lowest BCUT2D eigenvalue weighted by molar-refractivity contribution is -0.604. The summed E-state index contributed by atoms with van der Waals surface area (Å²) in [4.78, 5) is 11.5. The van der Waals surface area contributed by atoms with Crippen molar-refractivity contribution < 1.29 is 31.1 Å². The van der Waals surface area contributed by atoms with Gasteiger partial charge in [-0.3, -0.25) is 4.79 Å². The minimum Gasteiger partial charge on any atom is -1.00 e. The number of anilines is 1. The SMILES string of the molecule is C=CC(=O)Nc1ccc(-c2c[n+](-c3ccccc3OC)c3n2CCCCC3)cc1.[Br-]. The molecule has 1 aliphatic rings. The number of ether oxygens (including phenoxy) is 1. The number of imidazole rings is 1. The summed E-state index contributed by atoms with van der Waals surface area (Å²) < 4.78 is 10.3. The van der Waals surface area contributed by atoms with Crippen molar-refractivity contribution in [2.45, 2.75) is 32.2 Å². The van der Waals surface area contributed by atoms with Crippen molar-refractivity contribution in [3.8, 4) is 22.7 Å². The first-order valence-electron chi connectivity index (χ1n) is 10.0. The van der Waals surface area contributed by atoms with Gasteiger partial charge in [-0.2, -0.15) is 4.57 Å². The maximum Gasteiger partial charge on any atom is 0.262 e. The number of rotatable bonds is 5. The number of nitrogens with one attached hydrogen (secondary N) is 1. The fourth-order valence-corrected chi connectivity index (χ4v) is 3.96. The van der Waals surface area contributed by atoms with Gasteiger partial charge in [0.2, 0.25) is 5.91 Å². The van der Waals surface area contributed by atoms with Crippen molar-refractivity contribution in [1.82, 2.24) is 4.57 Å². The molecule has 0 saturated carbocycles. The Hall–Kier alpha value is -2.86.